The van der Waals surface area contributed by atoms with Gasteiger partial charge in [-0.1, -0.05) is 29.5 Å². The second-order valence-electron chi connectivity index (χ2n) is 7.86. The van der Waals surface area contributed by atoms with Crippen molar-refractivity contribution in [1.82, 2.24) is 10.3 Å². The van der Waals surface area contributed by atoms with Gasteiger partial charge < -0.3 is 24.4 Å². The molecule has 3 heterocycles. The van der Waals surface area contributed by atoms with E-state index in [4.69, 9.17) is 19.2 Å². The van der Waals surface area contributed by atoms with Crippen molar-refractivity contribution in [3.63, 3.8) is 0 Å². The summed E-state index contributed by atoms with van der Waals surface area (Å²) in [4.78, 5) is 7.25. The van der Waals surface area contributed by atoms with Crippen LogP contribution < -0.4 is 24.4 Å². The number of nitrogens with one attached hydrogen (secondary N) is 1. The molecule has 5 rings (SSSR count). The van der Waals surface area contributed by atoms with E-state index in [0.717, 1.165) is 48.1 Å². The van der Waals surface area contributed by atoms with E-state index in [0.29, 0.717) is 18.3 Å². The molecule has 1 N–H and O–H groups in total. The van der Waals surface area contributed by atoms with Crippen molar-refractivity contribution in [2.45, 2.75) is 25.0 Å². The largest absolute Gasteiger partial charge is 0.493 e. The van der Waals surface area contributed by atoms with Crippen LogP contribution in [0.4, 0.5) is 5.13 Å². The molecule has 1 saturated heterocycles. The molecule has 2 unspecified atom stereocenters. The van der Waals surface area contributed by atoms with E-state index in [2.05, 4.69) is 34.5 Å². The number of likely N-dealkylation sites (N-methyl/N-ethyl adjacent to an activating group) is 1. The summed E-state index contributed by atoms with van der Waals surface area (Å²) in [5.74, 6) is 2.71. The van der Waals surface area contributed by atoms with Gasteiger partial charge in [-0.05, 0) is 50.1 Å². The molecule has 0 bridgehead atoms. The first-order valence-electron chi connectivity index (χ1n) is 10.5. The van der Waals surface area contributed by atoms with Crippen LogP contribution >= 0.6 is 36.2 Å². The Morgan fingerprint density at radius 3 is 2.62 bits per heavy atom. The number of ether oxygens (including phenoxy) is 3. The smallest absolute Gasteiger partial charge is 0.204 e. The third-order valence-corrected chi connectivity index (χ3v) is 7.27. The van der Waals surface area contributed by atoms with Crippen LogP contribution in [0.25, 0.3) is 10.2 Å². The lowest BCUT2D eigenvalue weighted by Gasteiger charge is -2.40. The average Bonchev–Trinajstić information content (AvgIpc) is 3.24. The van der Waals surface area contributed by atoms with Gasteiger partial charge in [-0.2, -0.15) is 0 Å². The monoisotopic (exact) mass is 497 g/mol. The highest BCUT2D eigenvalue weighted by atomic mass is 35.5. The Morgan fingerprint density at radius 1 is 1.12 bits per heavy atom. The maximum Gasteiger partial charge on any atom is 0.204 e. The quantitative estimate of drug-likeness (QED) is 0.546. The maximum atomic E-state index is 6.38. The zero-order chi connectivity index (χ0) is 20.5. The molecule has 0 spiro atoms. The summed E-state index contributed by atoms with van der Waals surface area (Å²) in [7, 11) is 3.68. The molecule has 9 heteroatoms. The normalized spacial score (nSPS) is 19.1. The zero-order valence-electron chi connectivity index (χ0n) is 18.2. The van der Waals surface area contributed by atoms with Crippen molar-refractivity contribution >= 4 is 51.5 Å². The molecule has 2 atom stereocenters. The Kier molecular flexibility index (Phi) is 8.33. The van der Waals surface area contributed by atoms with Crippen LogP contribution in [-0.2, 0) is 0 Å². The van der Waals surface area contributed by atoms with Crippen LogP contribution in [0.5, 0.6) is 17.2 Å². The SMILES string of the molecule is CNC(C1CCN(c2nc3ccccc3s2)CC1)C1COc2cccc(OC)c2O1.Cl.Cl. The summed E-state index contributed by atoms with van der Waals surface area (Å²) in [6.45, 7) is 2.57. The highest BCUT2D eigenvalue weighted by molar-refractivity contribution is 7.22. The number of benzene rings is 2. The molecule has 3 aromatic rings. The Morgan fingerprint density at radius 2 is 1.91 bits per heavy atom. The molecule has 0 saturated carbocycles. The fourth-order valence-electron chi connectivity index (χ4n) is 4.59. The summed E-state index contributed by atoms with van der Waals surface area (Å²) in [6.07, 6.45) is 2.15. The van der Waals surface area contributed by atoms with Crippen LogP contribution in [0.15, 0.2) is 42.5 Å². The molecule has 174 valence electrons. The molecule has 32 heavy (non-hydrogen) atoms. The van der Waals surface area contributed by atoms with Gasteiger partial charge in [0.1, 0.15) is 12.7 Å². The number of hydrogen-bond acceptors (Lipinski definition) is 7. The minimum absolute atomic E-state index is 0. The third kappa shape index (κ3) is 4.71. The molecule has 0 aliphatic carbocycles. The number of halogens is 2. The fraction of sp³-hybridized carbons (Fsp3) is 0.435. The van der Waals surface area contributed by atoms with Crippen molar-refractivity contribution in [3.05, 3.63) is 42.5 Å². The molecule has 1 aromatic heterocycles. The van der Waals surface area contributed by atoms with Crippen LogP contribution in [-0.4, -0.2) is 51.0 Å². The Bertz CT molecular complexity index is 979. The van der Waals surface area contributed by atoms with Gasteiger partial charge in [-0.3, -0.25) is 0 Å². The number of nitrogens with zero attached hydrogens (tertiary/aromatic N) is 2. The Labute approximate surface area is 205 Å². The number of rotatable bonds is 5. The first-order valence-corrected chi connectivity index (χ1v) is 11.3. The van der Waals surface area contributed by atoms with Crippen LogP contribution in [0.2, 0.25) is 0 Å². The van der Waals surface area contributed by atoms with Crippen molar-refractivity contribution in [2.75, 3.05) is 38.8 Å². The van der Waals surface area contributed by atoms with Gasteiger partial charge in [-0.15, -0.1) is 24.8 Å². The number of hydrogen-bond donors (Lipinski definition) is 1. The van der Waals surface area contributed by atoms with Gasteiger partial charge in [-0.25, -0.2) is 4.98 Å². The van der Waals surface area contributed by atoms with Crippen molar-refractivity contribution in [1.29, 1.82) is 0 Å². The second-order valence-corrected chi connectivity index (χ2v) is 8.87. The average molecular weight is 498 g/mol. The Balaban J connectivity index is 0.00000144. The summed E-state index contributed by atoms with van der Waals surface area (Å²) in [5, 5.41) is 4.64. The summed E-state index contributed by atoms with van der Waals surface area (Å²) >= 11 is 1.78. The van der Waals surface area contributed by atoms with E-state index in [1.54, 1.807) is 18.4 Å². The van der Waals surface area contributed by atoms with E-state index in [1.165, 1.54) is 4.70 Å². The highest BCUT2D eigenvalue weighted by Gasteiger charge is 2.36. The first-order chi connectivity index (χ1) is 14.8. The standard InChI is InChI=1S/C23H27N3O3S.2ClH/c1-24-21(19-14-28-18-8-5-7-17(27-2)22(18)29-19)15-10-12-26(13-11-15)23-25-16-6-3-4-9-20(16)30-23;;/h3-9,15,19,21,24H,10-14H2,1-2H3;2*1H. The van der Waals surface area contributed by atoms with Gasteiger partial charge in [0.2, 0.25) is 5.75 Å². The molecular weight excluding hydrogens is 469 g/mol. The zero-order valence-corrected chi connectivity index (χ0v) is 20.6. The lowest BCUT2D eigenvalue weighted by atomic mass is 9.86. The minimum atomic E-state index is -0.0437. The fourth-order valence-corrected chi connectivity index (χ4v) is 5.61. The number of fused-ring (bicyclic) bond motifs is 2. The van der Waals surface area contributed by atoms with Gasteiger partial charge in [0.15, 0.2) is 16.6 Å². The molecular formula is C23H29Cl2N3O3S. The van der Waals surface area contributed by atoms with E-state index in [1.807, 2.05) is 25.2 Å². The lowest BCUT2D eigenvalue weighted by Crippen LogP contribution is -2.53. The Hall–Kier alpha value is -1.93. The molecule has 0 amide bonds. The third-order valence-electron chi connectivity index (χ3n) is 6.17. The number of para-hydroxylation sites is 2. The van der Waals surface area contributed by atoms with Crippen molar-refractivity contribution in [2.24, 2.45) is 5.92 Å². The lowest BCUT2D eigenvalue weighted by molar-refractivity contribution is 0.0391. The molecule has 2 aliphatic rings. The minimum Gasteiger partial charge on any atom is -0.493 e. The van der Waals surface area contributed by atoms with Crippen LogP contribution in [0.1, 0.15) is 12.8 Å². The van der Waals surface area contributed by atoms with E-state index in [9.17, 15) is 0 Å². The van der Waals surface area contributed by atoms with Gasteiger partial charge in [0, 0.05) is 13.1 Å². The number of thiazole rings is 1. The molecule has 2 aromatic carbocycles. The topological polar surface area (TPSA) is 55.9 Å². The predicted molar refractivity (Wildman–Crippen MR) is 135 cm³/mol. The highest BCUT2D eigenvalue weighted by Crippen LogP contribution is 2.41. The molecule has 0 radical (unpaired) electrons. The van der Waals surface area contributed by atoms with E-state index < -0.39 is 0 Å². The van der Waals surface area contributed by atoms with Gasteiger partial charge in [0.25, 0.3) is 0 Å². The summed E-state index contributed by atoms with van der Waals surface area (Å²) in [6, 6.07) is 14.4. The second kappa shape index (κ2) is 10.8. The number of aromatic nitrogens is 1. The van der Waals surface area contributed by atoms with E-state index >= 15 is 0 Å². The molecule has 2 aliphatic heterocycles. The summed E-state index contributed by atoms with van der Waals surface area (Å²) in [5.41, 5.74) is 1.09. The van der Waals surface area contributed by atoms with Gasteiger partial charge in [0.05, 0.1) is 23.4 Å². The number of anilines is 1. The van der Waals surface area contributed by atoms with Gasteiger partial charge >= 0.3 is 0 Å². The van der Waals surface area contributed by atoms with Crippen molar-refractivity contribution in [3.8, 4) is 17.2 Å². The van der Waals surface area contributed by atoms with Crippen LogP contribution in [0, 0.1) is 5.92 Å². The van der Waals surface area contributed by atoms with E-state index in [-0.39, 0.29) is 37.0 Å². The number of methoxy groups -OCH3 is 1. The number of piperidine rings is 1. The first kappa shape index (κ1) is 24.7. The predicted octanol–water partition coefficient (Wildman–Crippen LogP) is 4.79. The maximum absolute atomic E-state index is 6.38. The molecule has 6 nitrogen and oxygen atoms in total. The van der Waals surface area contributed by atoms with Crippen LogP contribution in [0.3, 0.4) is 0 Å². The summed E-state index contributed by atoms with van der Waals surface area (Å²) < 4.78 is 19.1. The van der Waals surface area contributed by atoms with Crippen molar-refractivity contribution < 1.29 is 14.2 Å². The molecule has 1 fully saturated rings.